The van der Waals surface area contributed by atoms with Crippen molar-refractivity contribution >= 4 is 21.7 Å². The number of hydrogen-bond acceptors (Lipinski definition) is 4. The Labute approximate surface area is 200 Å². The molecule has 0 bridgehead atoms. The Hall–Kier alpha value is -3.38. The van der Waals surface area contributed by atoms with Gasteiger partial charge in [-0.2, -0.15) is 17.5 Å². The summed E-state index contributed by atoms with van der Waals surface area (Å²) in [7, 11) is -2.28. The Morgan fingerprint density at radius 3 is 2.49 bits per heavy atom. The fourth-order valence-corrected chi connectivity index (χ4v) is 6.13. The quantitative estimate of drug-likeness (QED) is 0.587. The third-order valence-electron chi connectivity index (χ3n) is 6.44. The number of carbonyl (C=O) groups excluding carboxylic acids is 1. The van der Waals surface area contributed by atoms with Gasteiger partial charge in [0.2, 0.25) is 0 Å². The topological polar surface area (TPSA) is 87.5 Å². The Bertz CT molecular complexity index is 1370. The summed E-state index contributed by atoms with van der Waals surface area (Å²) in [6.45, 7) is 0.0174. The number of amides is 2. The maximum Gasteiger partial charge on any atom is 0.416 e. The van der Waals surface area contributed by atoms with Crippen molar-refractivity contribution in [1.82, 2.24) is 18.8 Å². The van der Waals surface area contributed by atoms with Gasteiger partial charge in [-0.05, 0) is 29.3 Å². The number of nitrogens with zero attached hydrogens (tertiary/aromatic N) is 4. The lowest BCUT2D eigenvalue weighted by Gasteiger charge is -2.36. The number of alkyl halides is 3. The van der Waals surface area contributed by atoms with Gasteiger partial charge in [0, 0.05) is 44.5 Å². The Morgan fingerprint density at radius 2 is 1.83 bits per heavy atom. The van der Waals surface area contributed by atoms with Crippen LogP contribution in [0.3, 0.4) is 0 Å². The monoisotopic (exact) mass is 505 g/mol. The maximum atomic E-state index is 13.3. The third-order valence-corrected chi connectivity index (χ3v) is 8.16. The molecule has 1 fully saturated rings. The molecule has 0 unspecified atom stereocenters. The van der Waals surface area contributed by atoms with Crippen LogP contribution in [0.2, 0.25) is 0 Å². The molecule has 2 atom stereocenters. The molecule has 2 aliphatic rings. The van der Waals surface area contributed by atoms with Gasteiger partial charge in [0.25, 0.3) is 10.0 Å². The van der Waals surface area contributed by atoms with E-state index in [1.807, 2.05) is 30.3 Å². The lowest BCUT2D eigenvalue weighted by molar-refractivity contribution is -0.137. The van der Waals surface area contributed by atoms with Gasteiger partial charge in [0.1, 0.15) is 0 Å². The van der Waals surface area contributed by atoms with E-state index in [0.29, 0.717) is 11.3 Å². The maximum absolute atomic E-state index is 13.3. The number of fused-ring (bicyclic) bond motifs is 1. The molecular formula is C23H22F3N5O3S. The molecule has 0 radical (unpaired) electrons. The number of urea groups is 1. The van der Waals surface area contributed by atoms with E-state index in [-0.39, 0.29) is 30.6 Å². The standard InChI is InChI=1S/C23H22F3N5O3S/c1-29-13-21(27-14-29)35(33,34)30-11-18(15-5-3-2-4-6-15)20(12-30)31-10-16-9-17(23(24,25)26)7-8-19(16)28-22(31)32/h2-9,13-14,18,20H,10-12H2,1H3,(H,28,32)/t18-,20+/m0/s1. The smallest absolute Gasteiger partial charge is 0.339 e. The van der Waals surface area contributed by atoms with Gasteiger partial charge >= 0.3 is 12.2 Å². The second-order valence-corrected chi connectivity index (χ2v) is 10.6. The lowest BCUT2D eigenvalue weighted by Crippen LogP contribution is -2.48. The number of halogens is 3. The number of sulfonamides is 1. The highest BCUT2D eigenvalue weighted by atomic mass is 32.2. The van der Waals surface area contributed by atoms with Crippen molar-refractivity contribution in [2.24, 2.45) is 7.05 Å². The fraction of sp³-hybridized carbons (Fsp3) is 0.304. The van der Waals surface area contributed by atoms with Crippen molar-refractivity contribution in [2.45, 2.75) is 29.7 Å². The van der Waals surface area contributed by atoms with Crippen molar-refractivity contribution in [1.29, 1.82) is 0 Å². The van der Waals surface area contributed by atoms with Gasteiger partial charge in [-0.25, -0.2) is 18.2 Å². The number of nitrogens with one attached hydrogen (secondary N) is 1. The number of anilines is 1. The molecule has 8 nitrogen and oxygen atoms in total. The van der Waals surface area contributed by atoms with E-state index in [4.69, 9.17) is 0 Å². The first kappa shape index (κ1) is 23.4. The highest BCUT2D eigenvalue weighted by Gasteiger charge is 2.46. The minimum atomic E-state index is -4.52. The predicted molar refractivity (Wildman–Crippen MR) is 121 cm³/mol. The zero-order chi connectivity index (χ0) is 25.0. The molecule has 0 spiro atoms. The molecule has 35 heavy (non-hydrogen) atoms. The van der Waals surface area contributed by atoms with Crippen LogP contribution >= 0.6 is 0 Å². The van der Waals surface area contributed by atoms with Gasteiger partial charge in [0.05, 0.1) is 17.9 Å². The number of benzene rings is 2. The Morgan fingerprint density at radius 1 is 1.09 bits per heavy atom. The molecule has 1 saturated heterocycles. The molecule has 184 valence electrons. The van der Waals surface area contributed by atoms with Gasteiger partial charge in [0.15, 0.2) is 5.03 Å². The second kappa shape index (κ2) is 8.38. The molecule has 5 rings (SSSR count). The van der Waals surface area contributed by atoms with Crippen LogP contribution in [0.25, 0.3) is 0 Å². The van der Waals surface area contributed by atoms with E-state index in [9.17, 15) is 26.4 Å². The van der Waals surface area contributed by atoms with Gasteiger partial charge in [-0.15, -0.1) is 0 Å². The van der Waals surface area contributed by atoms with E-state index in [2.05, 4.69) is 10.3 Å². The zero-order valence-electron chi connectivity index (χ0n) is 18.6. The Balaban J connectivity index is 1.51. The number of rotatable bonds is 4. The summed E-state index contributed by atoms with van der Waals surface area (Å²) in [5.41, 5.74) is 0.653. The Kier molecular flexibility index (Phi) is 5.59. The van der Waals surface area contributed by atoms with E-state index in [1.165, 1.54) is 32.4 Å². The van der Waals surface area contributed by atoms with Crippen LogP contribution in [0.1, 0.15) is 22.6 Å². The third kappa shape index (κ3) is 4.27. The molecule has 3 heterocycles. The van der Waals surface area contributed by atoms with Crippen LogP contribution < -0.4 is 5.32 Å². The number of carbonyl (C=O) groups is 1. The van der Waals surface area contributed by atoms with Crippen LogP contribution in [0, 0.1) is 0 Å². The molecule has 1 aromatic heterocycles. The predicted octanol–water partition coefficient (Wildman–Crippen LogP) is 3.64. The number of aryl methyl sites for hydroxylation is 1. The van der Waals surface area contributed by atoms with Crippen LogP contribution in [0.5, 0.6) is 0 Å². The van der Waals surface area contributed by atoms with Gasteiger partial charge in [-0.3, -0.25) is 0 Å². The minimum absolute atomic E-state index is 0.0137. The summed E-state index contributed by atoms with van der Waals surface area (Å²) < 4.78 is 69.2. The molecule has 3 aromatic rings. The van der Waals surface area contributed by atoms with Crippen molar-refractivity contribution < 1.29 is 26.4 Å². The molecular weight excluding hydrogens is 483 g/mol. The van der Waals surface area contributed by atoms with Gasteiger partial charge in [-0.1, -0.05) is 30.3 Å². The van der Waals surface area contributed by atoms with Crippen LogP contribution in [-0.2, 0) is 29.8 Å². The molecule has 0 saturated carbocycles. The highest BCUT2D eigenvalue weighted by molar-refractivity contribution is 7.89. The summed E-state index contributed by atoms with van der Waals surface area (Å²) in [4.78, 5) is 18.4. The van der Waals surface area contributed by atoms with Crippen molar-refractivity contribution in [3.63, 3.8) is 0 Å². The molecule has 0 aliphatic carbocycles. The highest BCUT2D eigenvalue weighted by Crippen LogP contribution is 2.38. The summed E-state index contributed by atoms with van der Waals surface area (Å²) >= 11 is 0. The SMILES string of the molecule is Cn1cnc(S(=O)(=O)N2C[C@@H](N3Cc4cc(C(F)(F)F)ccc4NC3=O)[C@H](c3ccccc3)C2)c1. The van der Waals surface area contributed by atoms with E-state index in [0.717, 1.165) is 17.7 Å². The van der Waals surface area contributed by atoms with Crippen LogP contribution in [-0.4, -0.2) is 52.3 Å². The van der Waals surface area contributed by atoms with Crippen LogP contribution in [0.4, 0.5) is 23.7 Å². The minimum Gasteiger partial charge on any atom is -0.339 e. The van der Waals surface area contributed by atoms with Crippen LogP contribution in [0.15, 0.2) is 66.1 Å². The fourth-order valence-electron chi connectivity index (χ4n) is 4.68. The van der Waals surface area contributed by atoms with Crippen molar-refractivity contribution in [3.05, 3.63) is 77.7 Å². The van der Waals surface area contributed by atoms with E-state index < -0.39 is 33.8 Å². The molecule has 2 amide bonds. The average molecular weight is 506 g/mol. The second-order valence-electron chi connectivity index (χ2n) is 8.71. The normalized spacial score (nSPS) is 21.1. The zero-order valence-corrected chi connectivity index (χ0v) is 19.4. The summed E-state index contributed by atoms with van der Waals surface area (Å²) in [5, 5.41) is 2.56. The number of aromatic nitrogens is 2. The summed E-state index contributed by atoms with van der Waals surface area (Å²) in [5.74, 6) is -0.382. The van der Waals surface area contributed by atoms with Crippen molar-refractivity contribution in [3.8, 4) is 0 Å². The van der Waals surface area contributed by atoms with Gasteiger partial charge < -0.3 is 14.8 Å². The molecule has 12 heteroatoms. The molecule has 2 aliphatic heterocycles. The average Bonchev–Trinajstić information content (AvgIpc) is 3.46. The molecule has 2 aromatic carbocycles. The first-order chi connectivity index (χ1) is 16.5. The largest absolute Gasteiger partial charge is 0.416 e. The number of imidazole rings is 1. The first-order valence-corrected chi connectivity index (χ1v) is 12.3. The summed E-state index contributed by atoms with van der Waals surface area (Å²) in [6, 6.07) is 11.3. The van der Waals surface area contributed by atoms with Crippen molar-refractivity contribution in [2.75, 3.05) is 18.4 Å². The first-order valence-electron chi connectivity index (χ1n) is 10.8. The van der Waals surface area contributed by atoms with E-state index in [1.54, 1.807) is 7.05 Å². The lowest BCUT2D eigenvalue weighted by atomic mass is 9.92. The summed E-state index contributed by atoms with van der Waals surface area (Å²) in [6.07, 6.45) is -1.72. The molecule has 1 N–H and O–H groups in total. The van der Waals surface area contributed by atoms with E-state index >= 15 is 0 Å². The number of hydrogen-bond donors (Lipinski definition) is 1.